The predicted molar refractivity (Wildman–Crippen MR) is 119 cm³/mol. The molecule has 4 rings (SSSR count). The summed E-state index contributed by atoms with van der Waals surface area (Å²) in [7, 11) is 0. The molecule has 0 spiro atoms. The molecule has 0 radical (unpaired) electrons. The van der Waals surface area contributed by atoms with Crippen molar-refractivity contribution in [2.75, 3.05) is 23.7 Å². The van der Waals surface area contributed by atoms with E-state index in [4.69, 9.17) is 0 Å². The molecule has 3 aromatic rings. The van der Waals surface area contributed by atoms with E-state index >= 15 is 0 Å². The van der Waals surface area contributed by atoms with Crippen molar-refractivity contribution in [3.05, 3.63) is 71.9 Å². The Morgan fingerprint density at radius 2 is 1.80 bits per heavy atom. The Balaban J connectivity index is 1.49. The van der Waals surface area contributed by atoms with Crippen LogP contribution >= 0.6 is 11.8 Å². The number of benzene rings is 2. The smallest absolute Gasteiger partial charge is 0.240 e. The molecule has 7 heteroatoms. The van der Waals surface area contributed by atoms with Crippen LogP contribution in [0.4, 0.5) is 5.69 Å². The molecule has 0 bridgehead atoms. The molecule has 0 saturated carbocycles. The average Bonchev–Trinajstić information content (AvgIpc) is 3.12. The quantitative estimate of drug-likeness (QED) is 0.662. The Morgan fingerprint density at radius 1 is 1.13 bits per heavy atom. The second kappa shape index (κ2) is 8.75. The lowest BCUT2D eigenvalue weighted by Crippen LogP contribution is -2.44. The summed E-state index contributed by atoms with van der Waals surface area (Å²) in [6.07, 6.45) is 0. The number of nitrogens with one attached hydrogen (secondary N) is 1. The predicted octanol–water partition coefficient (Wildman–Crippen LogP) is 3.54. The first kappa shape index (κ1) is 20.2. The standard InChI is InChI=1S/C23H24N4O2S/c1-16(18-9-5-3-6-10-18)13-24-20(28)14-26-21(29)15-30-23-22(26)17(2)25-27(23)19-11-7-4-8-12-19/h3-12,16H,13-15H2,1-2H3,(H,24,28)/t16-/m1/s1. The molecular weight excluding hydrogens is 396 g/mol. The van der Waals surface area contributed by atoms with E-state index in [2.05, 4.69) is 29.5 Å². The van der Waals surface area contributed by atoms with Gasteiger partial charge in [0.2, 0.25) is 11.8 Å². The van der Waals surface area contributed by atoms with Gasteiger partial charge in [-0.05, 0) is 30.5 Å². The third-order valence-corrected chi connectivity index (χ3v) is 6.20. The summed E-state index contributed by atoms with van der Waals surface area (Å²) in [6.45, 7) is 4.47. The van der Waals surface area contributed by atoms with Crippen molar-refractivity contribution >= 4 is 29.3 Å². The Morgan fingerprint density at radius 3 is 2.50 bits per heavy atom. The highest BCUT2D eigenvalue weighted by atomic mass is 32.2. The number of para-hydroxylation sites is 1. The number of anilines is 1. The number of amides is 2. The second-order valence-electron chi connectivity index (χ2n) is 7.37. The molecule has 1 aromatic heterocycles. The number of hydrogen-bond acceptors (Lipinski definition) is 4. The van der Waals surface area contributed by atoms with Crippen molar-refractivity contribution in [1.82, 2.24) is 15.1 Å². The summed E-state index contributed by atoms with van der Waals surface area (Å²) in [6, 6.07) is 19.9. The molecule has 6 nitrogen and oxygen atoms in total. The van der Waals surface area contributed by atoms with E-state index < -0.39 is 0 Å². The summed E-state index contributed by atoms with van der Waals surface area (Å²) in [5, 5.41) is 8.50. The number of thioether (sulfide) groups is 1. The molecule has 0 saturated heterocycles. The van der Waals surface area contributed by atoms with Gasteiger partial charge in [-0.1, -0.05) is 67.2 Å². The van der Waals surface area contributed by atoms with Crippen LogP contribution < -0.4 is 10.2 Å². The first-order valence-electron chi connectivity index (χ1n) is 9.94. The summed E-state index contributed by atoms with van der Waals surface area (Å²) >= 11 is 1.46. The van der Waals surface area contributed by atoms with Crippen molar-refractivity contribution in [1.29, 1.82) is 0 Å². The molecule has 1 N–H and O–H groups in total. The van der Waals surface area contributed by atoms with Gasteiger partial charge in [0.05, 0.1) is 22.8 Å². The monoisotopic (exact) mass is 420 g/mol. The molecular formula is C23H24N4O2S. The minimum absolute atomic E-state index is 0.00474. The van der Waals surface area contributed by atoms with Gasteiger partial charge in [0.15, 0.2) is 0 Å². The van der Waals surface area contributed by atoms with Crippen molar-refractivity contribution in [2.45, 2.75) is 24.8 Å². The number of aryl methyl sites for hydroxylation is 1. The third kappa shape index (κ3) is 4.11. The van der Waals surface area contributed by atoms with Gasteiger partial charge >= 0.3 is 0 Å². The number of carbonyl (C=O) groups is 2. The fraction of sp³-hybridized carbons (Fsp3) is 0.261. The summed E-state index contributed by atoms with van der Waals surface area (Å²) in [5.41, 5.74) is 3.57. The second-order valence-corrected chi connectivity index (χ2v) is 8.33. The minimum Gasteiger partial charge on any atom is -0.354 e. The summed E-state index contributed by atoms with van der Waals surface area (Å²) < 4.78 is 1.85. The number of nitrogens with zero attached hydrogens (tertiary/aromatic N) is 3. The van der Waals surface area contributed by atoms with E-state index in [1.165, 1.54) is 17.3 Å². The highest BCUT2D eigenvalue weighted by Crippen LogP contribution is 2.39. The van der Waals surface area contributed by atoms with Crippen LogP contribution in [0.5, 0.6) is 0 Å². The Labute approximate surface area is 180 Å². The molecule has 2 aromatic carbocycles. The van der Waals surface area contributed by atoms with Gasteiger partial charge in [0, 0.05) is 6.54 Å². The Kier molecular flexibility index (Phi) is 5.90. The normalized spacial score (nSPS) is 14.3. The van der Waals surface area contributed by atoms with Crippen LogP contribution in [0.15, 0.2) is 65.7 Å². The largest absolute Gasteiger partial charge is 0.354 e. The van der Waals surface area contributed by atoms with E-state index in [0.29, 0.717) is 12.3 Å². The number of carbonyl (C=O) groups excluding carboxylic acids is 2. The highest BCUT2D eigenvalue weighted by Gasteiger charge is 2.32. The van der Waals surface area contributed by atoms with E-state index in [9.17, 15) is 9.59 Å². The van der Waals surface area contributed by atoms with Crippen molar-refractivity contribution in [3.8, 4) is 5.69 Å². The number of aromatic nitrogens is 2. The molecule has 0 fully saturated rings. The van der Waals surface area contributed by atoms with Crippen molar-refractivity contribution in [2.24, 2.45) is 0 Å². The van der Waals surface area contributed by atoms with Gasteiger partial charge in [0.1, 0.15) is 11.6 Å². The van der Waals surface area contributed by atoms with E-state index in [-0.39, 0.29) is 24.3 Å². The SMILES string of the molecule is Cc1nn(-c2ccccc2)c2c1N(CC(=O)NC[C@@H](C)c1ccccc1)C(=O)CS2. The number of rotatable bonds is 6. The van der Waals surface area contributed by atoms with Crippen LogP contribution in [-0.4, -0.2) is 40.4 Å². The molecule has 2 heterocycles. The maximum absolute atomic E-state index is 12.7. The van der Waals surface area contributed by atoms with E-state index in [1.807, 2.05) is 60.1 Å². The Hall–Kier alpha value is -3.06. The van der Waals surface area contributed by atoms with Gasteiger partial charge < -0.3 is 5.32 Å². The molecule has 0 unspecified atom stereocenters. The van der Waals surface area contributed by atoms with Gasteiger partial charge in [0.25, 0.3) is 0 Å². The van der Waals surface area contributed by atoms with E-state index in [0.717, 1.165) is 22.1 Å². The zero-order valence-electron chi connectivity index (χ0n) is 17.0. The summed E-state index contributed by atoms with van der Waals surface area (Å²) in [5.74, 6) is 0.241. The fourth-order valence-electron chi connectivity index (χ4n) is 3.55. The zero-order chi connectivity index (χ0) is 21.1. The fourth-order valence-corrected chi connectivity index (χ4v) is 4.63. The minimum atomic E-state index is -0.171. The number of fused-ring (bicyclic) bond motifs is 1. The van der Waals surface area contributed by atoms with Crippen LogP contribution in [0.3, 0.4) is 0 Å². The van der Waals surface area contributed by atoms with Gasteiger partial charge in [-0.3, -0.25) is 14.5 Å². The van der Waals surface area contributed by atoms with E-state index in [1.54, 1.807) is 4.90 Å². The van der Waals surface area contributed by atoms with Crippen LogP contribution in [0, 0.1) is 6.92 Å². The maximum atomic E-state index is 12.7. The first-order chi connectivity index (χ1) is 14.5. The molecule has 154 valence electrons. The molecule has 1 aliphatic heterocycles. The van der Waals surface area contributed by atoms with Crippen LogP contribution in [0.1, 0.15) is 24.1 Å². The Bertz CT molecular complexity index is 1050. The number of hydrogen-bond donors (Lipinski definition) is 1. The lowest BCUT2D eigenvalue weighted by Gasteiger charge is -2.27. The molecule has 1 aliphatic rings. The van der Waals surface area contributed by atoms with Gasteiger partial charge in [-0.15, -0.1) is 0 Å². The van der Waals surface area contributed by atoms with Crippen LogP contribution in [0.25, 0.3) is 5.69 Å². The highest BCUT2D eigenvalue weighted by molar-refractivity contribution is 8.00. The molecule has 1 atom stereocenters. The van der Waals surface area contributed by atoms with Crippen molar-refractivity contribution in [3.63, 3.8) is 0 Å². The molecule has 2 amide bonds. The first-order valence-corrected chi connectivity index (χ1v) is 10.9. The average molecular weight is 421 g/mol. The maximum Gasteiger partial charge on any atom is 0.240 e. The van der Waals surface area contributed by atoms with Crippen molar-refractivity contribution < 1.29 is 9.59 Å². The van der Waals surface area contributed by atoms with Gasteiger partial charge in [-0.25, -0.2) is 4.68 Å². The van der Waals surface area contributed by atoms with Crippen LogP contribution in [-0.2, 0) is 9.59 Å². The summed E-state index contributed by atoms with van der Waals surface area (Å²) in [4.78, 5) is 26.9. The zero-order valence-corrected chi connectivity index (χ0v) is 17.9. The topological polar surface area (TPSA) is 67.2 Å². The van der Waals surface area contributed by atoms with Crippen LogP contribution in [0.2, 0.25) is 0 Å². The van der Waals surface area contributed by atoms with Gasteiger partial charge in [-0.2, -0.15) is 5.10 Å². The third-order valence-electron chi connectivity index (χ3n) is 5.17. The molecule has 0 aliphatic carbocycles. The lowest BCUT2D eigenvalue weighted by molar-refractivity contribution is -0.123. The lowest BCUT2D eigenvalue weighted by atomic mass is 10.0. The molecule has 30 heavy (non-hydrogen) atoms.